The minimum Gasteiger partial charge on any atom is -0.383 e. The molecule has 1 aromatic heterocycles. The average molecular weight is 237 g/mol. The molecule has 2 aliphatic carbocycles. The van der Waals surface area contributed by atoms with Crippen LogP contribution >= 0.6 is 11.5 Å². The van der Waals surface area contributed by atoms with Gasteiger partial charge in [0, 0.05) is 11.6 Å². The lowest BCUT2D eigenvalue weighted by Crippen LogP contribution is -2.15. The van der Waals surface area contributed by atoms with Crippen molar-refractivity contribution in [2.75, 3.05) is 11.1 Å². The maximum Gasteiger partial charge on any atom is 0.142 e. The van der Waals surface area contributed by atoms with Crippen LogP contribution in [0.1, 0.15) is 50.5 Å². The van der Waals surface area contributed by atoms with Crippen molar-refractivity contribution in [3.63, 3.8) is 0 Å². The third-order valence-corrected chi connectivity index (χ3v) is 4.31. The van der Waals surface area contributed by atoms with Crippen LogP contribution in [0.4, 0.5) is 10.8 Å². The number of rotatable bonds is 5. The molecular weight excluding hydrogens is 218 g/mol. The molecule has 0 saturated heterocycles. The summed E-state index contributed by atoms with van der Waals surface area (Å²) in [5, 5.41) is 4.83. The van der Waals surface area contributed by atoms with Crippen molar-refractivity contribution in [2.24, 2.45) is 5.92 Å². The van der Waals surface area contributed by atoms with Gasteiger partial charge in [0.25, 0.3) is 0 Å². The SMILES string of the molecule is CC(CC1CC1)Nc1snc(N)c1C1CC1. The highest BCUT2D eigenvalue weighted by molar-refractivity contribution is 7.10. The normalized spacial score (nSPS) is 22.1. The number of hydrogen-bond donors (Lipinski definition) is 2. The summed E-state index contributed by atoms with van der Waals surface area (Å²) in [6.45, 7) is 2.27. The molecule has 1 aromatic rings. The largest absolute Gasteiger partial charge is 0.383 e. The molecule has 88 valence electrons. The van der Waals surface area contributed by atoms with Gasteiger partial charge in [-0.1, -0.05) is 12.8 Å². The van der Waals surface area contributed by atoms with Crippen molar-refractivity contribution < 1.29 is 0 Å². The summed E-state index contributed by atoms with van der Waals surface area (Å²) >= 11 is 1.53. The summed E-state index contributed by atoms with van der Waals surface area (Å²) in [4.78, 5) is 0. The van der Waals surface area contributed by atoms with E-state index in [0.717, 1.165) is 11.7 Å². The average Bonchev–Trinajstić information content (AvgIpc) is 3.11. The Balaban J connectivity index is 1.67. The summed E-state index contributed by atoms with van der Waals surface area (Å²) < 4.78 is 4.28. The van der Waals surface area contributed by atoms with E-state index in [-0.39, 0.29) is 0 Å². The fourth-order valence-electron chi connectivity index (χ4n) is 2.32. The minimum absolute atomic E-state index is 0.560. The second-order valence-corrected chi connectivity index (χ2v) is 6.08. The van der Waals surface area contributed by atoms with Crippen LogP contribution in [0.15, 0.2) is 0 Å². The molecule has 0 aliphatic heterocycles. The summed E-state index contributed by atoms with van der Waals surface area (Å²) in [5.41, 5.74) is 7.23. The number of anilines is 2. The molecule has 0 radical (unpaired) electrons. The first-order valence-electron chi connectivity index (χ1n) is 6.25. The van der Waals surface area contributed by atoms with Crippen molar-refractivity contribution in [3.8, 4) is 0 Å². The molecule has 1 heterocycles. The zero-order valence-electron chi connectivity index (χ0n) is 9.70. The van der Waals surface area contributed by atoms with E-state index in [0.29, 0.717) is 12.0 Å². The highest BCUT2D eigenvalue weighted by Gasteiger charge is 2.31. The van der Waals surface area contributed by atoms with Crippen LogP contribution in [0.25, 0.3) is 0 Å². The highest BCUT2D eigenvalue weighted by atomic mass is 32.1. The van der Waals surface area contributed by atoms with Crippen LogP contribution < -0.4 is 11.1 Å². The number of aromatic nitrogens is 1. The number of hydrogen-bond acceptors (Lipinski definition) is 4. The van der Waals surface area contributed by atoms with Crippen molar-refractivity contribution in [1.82, 2.24) is 4.37 Å². The van der Waals surface area contributed by atoms with E-state index in [9.17, 15) is 0 Å². The standard InChI is InChI=1S/C12H19N3S/c1-7(6-8-2-3-8)14-12-10(9-4-5-9)11(13)15-16-12/h7-9,14H,2-6H2,1H3,(H2,13,15). The Kier molecular flexibility index (Phi) is 2.54. The topological polar surface area (TPSA) is 50.9 Å². The van der Waals surface area contributed by atoms with Gasteiger partial charge in [-0.05, 0) is 49.6 Å². The van der Waals surface area contributed by atoms with Crippen molar-refractivity contribution >= 4 is 22.4 Å². The first-order chi connectivity index (χ1) is 7.74. The summed E-state index contributed by atoms with van der Waals surface area (Å²) in [5.74, 6) is 2.42. The number of nitrogens with zero attached hydrogens (tertiary/aromatic N) is 1. The smallest absolute Gasteiger partial charge is 0.142 e. The van der Waals surface area contributed by atoms with E-state index in [1.165, 1.54) is 54.2 Å². The minimum atomic E-state index is 0.560. The highest BCUT2D eigenvalue weighted by Crippen LogP contribution is 2.48. The zero-order chi connectivity index (χ0) is 11.1. The lowest BCUT2D eigenvalue weighted by molar-refractivity contribution is 0.643. The van der Waals surface area contributed by atoms with E-state index in [1.54, 1.807) is 0 Å². The second kappa shape index (κ2) is 3.91. The maximum atomic E-state index is 5.93. The van der Waals surface area contributed by atoms with Gasteiger partial charge in [-0.15, -0.1) is 0 Å². The lowest BCUT2D eigenvalue weighted by atomic mass is 10.1. The third-order valence-electron chi connectivity index (χ3n) is 3.50. The molecule has 2 saturated carbocycles. The Morgan fingerprint density at radius 2 is 2.19 bits per heavy atom. The van der Waals surface area contributed by atoms with Gasteiger partial charge in [0.2, 0.25) is 0 Å². The van der Waals surface area contributed by atoms with Gasteiger partial charge in [0.15, 0.2) is 0 Å². The Morgan fingerprint density at radius 3 is 2.81 bits per heavy atom. The van der Waals surface area contributed by atoms with E-state index >= 15 is 0 Å². The van der Waals surface area contributed by atoms with Gasteiger partial charge in [-0.2, -0.15) is 4.37 Å². The van der Waals surface area contributed by atoms with Crippen LogP contribution in [0.3, 0.4) is 0 Å². The predicted molar refractivity (Wildman–Crippen MR) is 68.9 cm³/mol. The Hall–Kier alpha value is -0.770. The zero-order valence-corrected chi connectivity index (χ0v) is 10.5. The quantitative estimate of drug-likeness (QED) is 0.827. The summed E-state index contributed by atoms with van der Waals surface area (Å²) in [6, 6.07) is 0.560. The molecule has 1 unspecified atom stereocenters. The van der Waals surface area contributed by atoms with Crippen LogP contribution in [0.2, 0.25) is 0 Å². The Labute approximate surface area is 101 Å². The maximum absolute atomic E-state index is 5.93. The first kappa shape index (κ1) is 10.4. The van der Waals surface area contributed by atoms with Gasteiger partial charge in [-0.25, -0.2) is 0 Å². The Morgan fingerprint density at radius 1 is 1.44 bits per heavy atom. The molecule has 0 spiro atoms. The summed E-state index contributed by atoms with van der Waals surface area (Å²) in [6.07, 6.45) is 6.71. The Bertz CT molecular complexity index is 380. The molecule has 0 bridgehead atoms. The van der Waals surface area contributed by atoms with Crippen molar-refractivity contribution in [2.45, 2.75) is 51.0 Å². The van der Waals surface area contributed by atoms with E-state index < -0.39 is 0 Å². The molecular formula is C12H19N3S. The molecule has 0 amide bonds. The van der Waals surface area contributed by atoms with Crippen LogP contribution in [-0.2, 0) is 0 Å². The predicted octanol–water partition coefficient (Wildman–Crippen LogP) is 3.20. The molecule has 0 aromatic carbocycles. The molecule has 3 rings (SSSR count). The lowest BCUT2D eigenvalue weighted by Gasteiger charge is -2.14. The number of nitrogens with one attached hydrogen (secondary N) is 1. The van der Waals surface area contributed by atoms with E-state index in [4.69, 9.17) is 5.73 Å². The van der Waals surface area contributed by atoms with E-state index in [1.807, 2.05) is 0 Å². The van der Waals surface area contributed by atoms with Crippen LogP contribution in [0, 0.1) is 5.92 Å². The molecule has 3 N–H and O–H groups in total. The molecule has 3 nitrogen and oxygen atoms in total. The van der Waals surface area contributed by atoms with E-state index in [2.05, 4.69) is 16.6 Å². The van der Waals surface area contributed by atoms with Crippen LogP contribution in [0.5, 0.6) is 0 Å². The second-order valence-electron chi connectivity index (χ2n) is 5.31. The van der Waals surface area contributed by atoms with Gasteiger partial charge in [0.05, 0.1) is 0 Å². The molecule has 1 atom stereocenters. The van der Waals surface area contributed by atoms with Gasteiger partial charge >= 0.3 is 0 Å². The van der Waals surface area contributed by atoms with Crippen molar-refractivity contribution in [3.05, 3.63) is 5.56 Å². The van der Waals surface area contributed by atoms with Gasteiger partial charge < -0.3 is 11.1 Å². The van der Waals surface area contributed by atoms with Crippen LogP contribution in [-0.4, -0.2) is 10.4 Å². The monoisotopic (exact) mass is 237 g/mol. The number of nitrogens with two attached hydrogens (primary N) is 1. The van der Waals surface area contributed by atoms with Gasteiger partial charge in [-0.3, -0.25) is 0 Å². The fraction of sp³-hybridized carbons (Fsp3) is 0.750. The summed E-state index contributed by atoms with van der Waals surface area (Å²) in [7, 11) is 0. The molecule has 2 fully saturated rings. The fourth-order valence-corrected chi connectivity index (χ4v) is 3.23. The first-order valence-corrected chi connectivity index (χ1v) is 7.03. The van der Waals surface area contributed by atoms with Gasteiger partial charge in [0.1, 0.15) is 10.8 Å². The molecule has 16 heavy (non-hydrogen) atoms. The molecule has 4 heteroatoms. The number of nitrogen functional groups attached to an aromatic ring is 1. The molecule has 2 aliphatic rings. The third kappa shape index (κ3) is 2.17. The van der Waals surface area contributed by atoms with Crippen molar-refractivity contribution in [1.29, 1.82) is 0 Å².